The van der Waals surface area contributed by atoms with E-state index < -0.39 is 4.75 Å². The summed E-state index contributed by atoms with van der Waals surface area (Å²) in [6.07, 6.45) is 12.7. The largest absolute Gasteiger partial charge is 0.494 e. The van der Waals surface area contributed by atoms with Crippen LogP contribution in [0.3, 0.4) is 0 Å². The first-order valence-electron chi connectivity index (χ1n) is 33.1. The number of rotatable bonds is 31. The first-order valence-corrected chi connectivity index (χ1v) is 33.9. The number of allylic oxidation sites excluding steroid dienone is 1. The molecule has 2 aliphatic carbocycles. The Hall–Kier alpha value is -7.29. The maximum atomic E-state index is 14.5. The number of para-hydroxylation sites is 2. The Morgan fingerprint density at radius 1 is 0.804 bits per heavy atom. The van der Waals surface area contributed by atoms with Gasteiger partial charge in [-0.15, -0.1) is 11.8 Å². The van der Waals surface area contributed by atoms with Crippen LogP contribution >= 0.6 is 11.8 Å². The van der Waals surface area contributed by atoms with Crippen molar-refractivity contribution in [2.45, 2.75) is 165 Å². The highest BCUT2D eigenvalue weighted by Gasteiger charge is 2.41. The van der Waals surface area contributed by atoms with Gasteiger partial charge in [-0.25, -0.2) is 0 Å². The van der Waals surface area contributed by atoms with Crippen LogP contribution in [0.4, 0.5) is 22.7 Å². The molecule has 3 aliphatic heterocycles. The highest BCUT2D eigenvalue weighted by molar-refractivity contribution is 8.00. The molecule has 1 saturated heterocycles. The summed E-state index contributed by atoms with van der Waals surface area (Å²) in [6.45, 7) is 19.4. The zero-order valence-corrected chi connectivity index (χ0v) is 56.1. The fraction of sp³-hybridized carbons (Fsp3) is 0.507. The lowest BCUT2D eigenvalue weighted by molar-refractivity contribution is -0.124. The van der Waals surface area contributed by atoms with Crippen molar-refractivity contribution >= 4 is 46.3 Å². The molecule has 2 amide bonds. The number of ether oxygens (including phenoxy) is 7. The van der Waals surface area contributed by atoms with Crippen LogP contribution in [0.25, 0.3) is 0 Å². The summed E-state index contributed by atoms with van der Waals surface area (Å²) < 4.78 is 43.6. The highest BCUT2D eigenvalue weighted by atomic mass is 32.2. The van der Waals surface area contributed by atoms with Gasteiger partial charge < -0.3 is 74.4 Å². The predicted octanol–water partition coefficient (Wildman–Crippen LogP) is 12.4. The van der Waals surface area contributed by atoms with Gasteiger partial charge in [0.05, 0.1) is 63.8 Å². The molecule has 18 nitrogen and oxygen atoms in total. The van der Waals surface area contributed by atoms with Crippen LogP contribution in [0.15, 0.2) is 125 Å². The Morgan fingerprint density at radius 3 is 2.18 bits per heavy atom. The minimum Gasteiger partial charge on any atom is -0.494 e. The SMILES string of the molecule is C=C1C2=CC(OC)=C(OCc3cc(COc4cc(N)c(C(=O)N5c6ccccc6CC5CC)cc4OC)cc(N(CCOCCOCCOC)CC(C)(C)Sc4cc(O)n(CCC(=O)NC(CC)(CC)C5CCCCC5)c4O)c3)CC2NCC2Cc3ccccc3N12. The third kappa shape index (κ3) is 15.3. The normalized spacial score (nSPS) is 18.2. The summed E-state index contributed by atoms with van der Waals surface area (Å²) >= 11 is 1.44. The molecule has 5 aromatic rings. The molecule has 3 unspecified atom stereocenters. The highest BCUT2D eigenvalue weighted by Crippen LogP contribution is 2.46. The maximum absolute atomic E-state index is 14.5. The summed E-state index contributed by atoms with van der Waals surface area (Å²) in [6, 6.07) is 28.0. The molecule has 0 radical (unpaired) electrons. The van der Waals surface area contributed by atoms with E-state index in [1.54, 1.807) is 39.5 Å². The monoisotopic (exact) mass is 1280 g/mol. The number of carbonyl (C=O) groups is 2. The third-order valence-electron chi connectivity index (χ3n) is 19.3. The van der Waals surface area contributed by atoms with Gasteiger partial charge in [-0.2, -0.15) is 0 Å². The molecule has 1 saturated carbocycles. The lowest BCUT2D eigenvalue weighted by atomic mass is 9.71. The third-order valence-corrected chi connectivity index (χ3v) is 20.5. The number of aromatic nitrogens is 1. The van der Waals surface area contributed by atoms with E-state index in [2.05, 4.69) is 116 Å². The number of amides is 2. The summed E-state index contributed by atoms with van der Waals surface area (Å²) in [7, 11) is 4.87. The smallest absolute Gasteiger partial charge is 0.260 e. The van der Waals surface area contributed by atoms with Crippen molar-refractivity contribution in [2.24, 2.45) is 5.92 Å². The van der Waals surface area contributed by atoms with Crippen LogP contribution in [0.1, 0.15) is 131 Å². The molecular weight excluding hydrogens is 1180 g/mol. The summed E-state index contributed by atoms with van der Waals surface area (Å²) in [5.41, 5.74) is 16.2. The van der Waals surface area contributed by atoms with Crippen molar-refractivity contribution in [2.75, 3.05) is 94.4 Å². The Kier molecular flexibility index (Phi) is 22.5. The maximum Gasteiger partial charge on any atom is 0.260 e. The van der Waals surface area contributed by atoms with Gasteiger partial charge in [0.25, 0.3) is 5.91 Å². The second-order valence-electron chi connectivity index (χ2n) is 25.6. The van der Waals surface area contributed by atoms with Crippen molar-refractivity contribution in [3.8, 4) is 23.3 Å². The van der Waals surface area contributed by atoms with Gasteiger partial charge in [0, 0.05) is 109 Å². The molecule has 6 N–H and O–H groups in total. The molecule has 3 atom stereocenters. The minimum atomic E-state index is -0.600. The van der Waals surface area contributed by atoms with E-state index >= 15 is 0 Å². The number of thioether (sulfide) groups is 1. The van der Waals surface area contributed by atoms with Crippen LogP contribution in [0.5, 0.6) is 23.3 Å². The van der Waals surface area contributed by atoms with Crippen LogP contribution < -0.4 is 40.5 Å². The van der Waals surface area contributed by atoms with Crippen molar-refractivity contribution in [3.63, 3.8) is 0 Å². The van der Waals surface area contributed by atoms with Gasteiger partial charge in [-0.1, -0.05) is 83.0 Å². The molecule has 4 aromatic carbocycles. The second-order valence-corrected chi connectivity index (χ2v) is 27.4. The number of anilines is 4. The Balaban J connectivity index is 0.930. The van der Waals surface area contributed by atoms with Gasteiger partial charge >= 0.3 is 0 Å². The summed E-state index contributed by atoms with van der Waals surface area (Å²) in [4.78, 5) is 35.2. The first-order chi connectivity index (χ1) is 44.5. The van der Waals surface area contributed by atoms with Crippen LogP contribution in [-0.2, 0) is 61.1 Å². The molecule has 0 spiro atoms. The number of nitrogens with two attached hydrogens (primary N) is 1. The van der Waals surface area contributed by atoms with Gasteiger partial charge in [-0.05, 0) is 135 Å². The summed E-state index contributed by atoms with van der Waals surface area (Å²) in [5.74, 6) is 2.03. The first kappa shape index (κ1) is 67.6. The number of aromatic hydroxyl groups is 2. The molecule has 92 heavy (non-hydrogen) atoms. The Morgan fingerprint density at radius 2 is 1.49 bits per heavy atom. The van der Waals surface area contributed by atoms with Crippen LogP contribution in [0, 0.1) is 5.92 Å². The number of nitrogen functional groups attached to an aromatic ring is 1. The van der Waals surface area contributed by atoms with Gasteiger partial charge in [-0.3, -0.25) is 14.2 Å². The fourth-order valence-corrected chi connectivity index (χ4v) is 15.6. The zero-order chi connectivity index (χ0) is 65.1. The van der Waals surface area contributed by atoms with Gasteiger partial charge in [0.2, 0.25) is 11.8 Å². The van der Waals surface area contributed by atoms with Gasteiger partial charge in [0.1, 0.15) is 19.0 Å². The molecular formula is C73H97N7O11S. The molecule has 19 heteroatoms. The lowest BCUT2D eigenvalue weighted by Gasteiger charge is -2.42. The topological polar surface area (TPSA) is 204 Å². The molecule has 1 aromatic heterocycles. The minimum absolute atomic E-state index is 0.00650. The summed E-state index contributed by atoms with van der Waals surface area (Å²) in [5, 5.41) is 30.5. The average molecular weight is 1280 g/mol. The lowest BCUT2D eigenvalue weighted by Crippen LogP contribution is -2.53. The Bertz CT molecular complexity index is 3460. The van der Waals surface area contributed by atoms with E-state index in [1.165, 1.54) is 46.8 Å². The van der Waals surface area contributed by atoms with Crippen molar-refractivity contribution in [3.05, 3.63) is 148 Å². The predicted molar refractivity (Wildman–Crippen MR) is 364 cm³/mol. The van der Waals surface area contributed by atoms with E-state index in [-0.39, 0.29) is 79.1 Å². The van der Waals surface area contributed by atoms with Crippen LogP contribution in [0.2, 0.25) is 0 Å². The van der Waals surface area contributed by atoms with E-state index in [9.17, 15) is 19.8 Å². The number of hydrogen-bond donors (Lipinski definition) is 5. The van der Waals surface area contributed by atoms with E-state index in [1.807, 2.05) is 23.1 Å². The van der Waals surface area contributed by atoms with Crippen molar-refractivity contribution in [1.82, 2.24) is 15.2 Å². The molecule has 2 fully saturated rings. The number of nitrogens with one attached hydrogen (secondary N) is 2. The van der Waals surface area contributed by atoms with E-state index in [0.29, 0.717) is 91.9 Å². The molecule has 4 heterocycles. The molecule has 496 valence electrons. The molecule has 5 aliphatic rings. The standard InChI is InChI=1S/C73H97N7O11S/c1-10-54-37-51-20-17-19-25-62(51)80(54)70(83)58-40-64(87-9)65(41-59(58)74)90-45-49-34-50(46-91-66-42-60-57(39-63(66)86-8)48(4)79-56(44-75-60)38-52-21-16-18-24-61(52)79)36-55(35-49)77(28-29-88-32-33-89-31-30-85-7)47-72(5,6)92-67-43-69(82)78(71(67)84)27-26-68(81)76-73(11-2,12-3)53-22-14-13-15-23-53/h16-21,24-25,34-36,39-41,43,53-54,56,60,75,82,84H,4,10-15,22-23,26-33,37-38,42,44-47,74H2,1-3,5-9H3,(H,76,81). The molecule has 0 bridgehead atoms. The molecule has 10 rings (SSSR count). The Labute approximate surface area is 548 Å². The zero-order valence-electron chi connectivity index (χ0n) is 55.3. The number of methoxy groups -OCH3 is 3. The quantitative estimate of drug-likeness (QED) is 0.0159. The number of hydrogen-bond acceptors (Lipinski definition) is 16. The van der Waals surface area contributed by atoms with E-state index in [0.717, 1.165) is 90.8 Å². The van der Waals surface area contributed by atoms with Crippen LogP contribution in [-0.4, -0.2) is 129 Å². The average Bonchev–Trinajstić information content (AvgIpc) is 1.61. The van der Waals surface area contributed by atoms with Gasteiger partial charge in [0.15, 0.2) is 23.1 Å². The second kappa shape index (κ2) is 30.6. The number of nitrogens with zero attached hydrogens (tertiary/aromatic N) is 4. The number of fused-ring (bicyclic) bond motifs is 5. The number of carbonyl (C=O) groups excluding carboxylic acids is 2. The van der Waals surface area contributed by atoms with Crippen molar-refractivity contribution < 1.29 is 53.0 Å². The fourth-order valence-electron chi connectivity index (χ4n) is 14.4. The van der Waals surface area contributed by atoms with E-state index in [4.69, 9.17) is 38.9 Å². The van der Waals surface area contributed by atoms with Crippen molar-refractivity contribution in [1.29, 1.82) is 0 Å². The number of benzene rings is 4.